The van der Waals surface area contributed by atoms with E-state index < -0.39 is 0 Å². The van der Waals surface area contributed by atoms with Crippen molar-refractivity contribution in [2.24, 2.45) is 0 Å². The van der Waals surface area contributed by atoms with Crippen LogP contribution in [-0.2, 0) is 11.3 Å². The topological polar surface area (TPSA) is 21.3 Å². The van der Waals surface area contributed by atoms with Crippen molar-refractivity contribution in [2.45, 2.75) is 39.3 Å². The minimum atomic E-state index is 0.398. The van der Waals surface area contributed by atoms with Crippen LogP contribution >= 0.6 is 0 Å². The Morgan fingerprint density at radius 2 is 1.75 bits per heavy atom. The Labute approximate surface area is 99.0 Å². The van der Waals surface area contributed by atoms with Crippen LogP contribution in [0.2, 0.25) is 0 Å². The molecule has 1 rings (SSSR count). The van der Waals surface area contributed by atoms with Crippen molar-refractivity contribution in [3.8, 4) is 0 Å². The highest BCUT2D eigenvalue weighted by Crippen LogP contribution is 2.14. The molecular weight excluding hydrogens is 198 g/mol. The molecule has 0 aliphatic rings. The molecule has 0 aliphatic heterocycles. The molecule has 1 unspecified atom stereocenters. The molecule has 0 bridgehead atoms. The molecule has 0 radical (unpaired) electrons. The Hall–Kier alpha value is -0.860. The molecule has 0 aromatic heterocycles. The predicted molar refractivity (Wildman–Crippen MR) is 68.7 cm³/mol. The molecule has 1 N–H and O–H groups in total. The van der Waals surface area contributed by atoms with Crippen LogP contribution in [0.15, 0.2) is 24.3 Å². The summed E-state index contributed by atoms with van der Waals surface area (Å²) in [5.41, 5.74) is 2.72. The molecule has 0 amide bonds. The van der Waals surface area contributed by atoms with Gasteiger partial charge in [0.05, 0.1) is 6.61 Å². The van der Waals surface area contributed by atoms with Gasteiger partial charge in [-0.1, -0.05) is 38.1 Å². The van der Waals surface area contributed by atoms with Gasteiger partial charge in [-0.25, -0.2) is 0 Å². The van der Waals surface area contributed by atoms with Gasteiger partial charge in [0, 0.05) is 19.7 Å². The van der Waals surface area contributed by atoms with Crippen molar-refractivity contribution in [2.75, 3.05) is 13.7 Å². The van der Waals surface area contributed by atoms with Crippen LogP contribution in [-0.4, -0.2) is 19.8 Å². The van der Waals surface area contributed by atoms with Crippen LogP contribution in [0.1, 0.15) is 37.8 Å². The summed E-state index contributed by atoms with van der Waals surface area (Å²) in [6.45, 7) is 8.22. The Morgan fingerprint density at radius 1 is 1.12 bits per heavy atom. The molecule has 16 heavy (non-hydrogen) atoms. The second kappa shape index (κ2) is 6.66. The molecule has 1 aromatic rings. The van der Waals surface area contributed by atoms with E-state index in [9.17, 15) is 0 Å². The van der Waals surface area contributed by atoms with Crippen LogP contribution in [0.25, 0.3) is 0 Å². The molecule has 0 saturated heterocycles. The summed E-state index contributed by atoms with van der Waals surface area (Å²) in [7, 11) is 1.73. The van der Waals surface area contributed by atoms with Gasteiger partial charge < -0.3 is 10.1 Å². The highest BCUT2D eigenvalue weighted by Gasteiger charge is 2.01. The van der Waals surface area contributed by atoms with E-state index in [4.69, 9.17) is 4.74 Å². The maximum atomic E-state index is 5.08. The first-order valence-corrected chi connectivity index (χ1v) is 5.94. The van der Waals surface area contributed by atoms with E-state index in [2.05, 4.69) is 50.4 Å². The minimum Gasteiger partial charge on any atom is -0.383 e. The summed E-state index contributed by atoms with van der Waals surface area (Å²) in [5, 5.41) is 3.42. The monoisotopic (exact) mass is 221 g/mol. The summed E-state index contributed by atoms with van der Waals surface area (Å²) in [4.78, 5) is 0. The Bertz CT molecular complexity index is 292. The van der Waals surface area contributed by atoms with E-state index in [1.54, 1.807) is 7.11 Å². The first kappa shape index (κ1) is 13.2. The average molecular weight is 221 g/mol. The van der Waals surface area contributed by atoms with Crippen molar-refractivity contribution in [3.05, 3.63) is 35.4 Å². The SMILES string of the molecule is COCC(C)NCc1ccc(C(C)C)cc1. The van der Waals surface area contributed by atoms with E-state index >= 15 is 0 Å². The molecule has 2 nitrogen and oxygen atoms in total. The molecule has 0 heterocycles. The Morgan fingerprint density at radius 3 is 2.25 bits per heavy atom. The van der Waals surface area contributed by atoms with E-state index in [1.807, 2.05) is 0 Å². The second-order valence-electron chi connectivity index (χ2n) is 4.63. The van der Waals surface area contributed by atoms with Crippen LogP contribution in [0.5, 0.6) is 0 Å². The molecular formula is C14H23NO. The molecule has 0 fully saturated rings. The largest absolute Gasteiger partial charge is 0.383 e. The second-order valence-corrected chi connectivity index (χ2v) is 4.63. The van der Waals surface area contributed by atoms with Crippen LogP contribution in [0, 0.1) is 0 Å². The minimum absolute atomic E-state index is 0.398. The number of hydrogen-bond acceptors (Lipinski definition) is 2. The van der Waals surface area contributed by atoms with Crippen LogP contribution < -0.4 is 5.32 Å². The van der Waals surface area contributed by atoms with Gasteiger partial charge in [-0.15, -0.1) is 0 Å². The number of ether oxygens (including phenoxy) is 1. The van der Waals surface area contributed by atoms with Crippen molar-refractivity contribution < 1.29 is 4.74 Å². The van der Waals surface area contributed by atoms with E-state index in [0.29, 0.717) is 12.0 Å². The number of rotatable bonds is 6. The lowest BCUT2D eigenvalue weighted by Gasteiger charge is -2.13. The van der Waals surface area contributed by atoms with Crippen molar-refractivity contribution in [1.29, 1.82) is 0 Å². The smallest absolute Gasteiger partial charge is 0.0613 e. The molecule has 1 aromatic carbocycles. The fraction of sp³-hybridized carbons (Fsp3) is 0.571. The van der Waals surface area contributed by atoms with Gasteiger partial charge in [-0.3, -0.25) is 0 Å². The average Bonchev–Trinajstić information content (AvgIpc) is 2.27. The zero-order chi connectivity index (χ0) is 12.0. The van der Waals surface area contributed by atoms with Crippen LogP contribution in [0.3, 0.4) is 0 Å². The van der Waals surface area contributed by atoms with E-state index in [0.717, 1.165) is 13.2 Å². The predicted octanol–water partition coefficient (Wildman–Crippen LogP) is 2.93. The first-order valence-electron chi connectivity index (χ1n) is 5.94. The summed E-state index contributed by atoms with van der Waals surface area (Å²) in [6.07, 6.45) is 0. The quantitative estimate of drug-likeness (QED) is 0.797. The molecule has 0 aliphatic carbocycles. The maximum Gasteiger partial charge on any atom is 0.0613 e. The highest BCUT2D eigenvalue weighted by atomic mass is 16.5. The zero-order valence-corrected chi connectivity index (χ0v) is 10.8. The maximum absolute atomic E-state index is 5.08. The van der Waals surface area contributed by atoms with Crippen molar-refractivity contribution in [3.63, 3.8) is 0 Å². The third-order valence-corrected chi connectivity index (χ3v) is 2.72. The van der Waals surface area contributed by atoms with Gasteiger partial charge in [-0.2, -0.15) is 0 Å². The standard InChI is InChI=1S/C14H23NO/c1-11(2)14-7-5-13(6-8-14)9-15-12(3)10-16-4/h5-8,11-12,15H,9-10H2,1-4H3. The van der Waals surface area contributed by atoms with Crippen LogP contribution in [0.4, 0.5) is 0 Å². The van der Waals surface area contributed by atoms with Crippen molar-refractivity contribution in [1.82, 2.24) is 5.32 Å². The summed E-state index contributed by atoms with van der Waals surface area (Å²) in [5.74, 6) is 0.606. The van der Waals surface area contributed by atoms with E-state index in [1.165, 1.54) is 11.1 Å². The lowest BCUT2D eigenvalue weighted by molar-refractivity contribution is 0.171. The normalized spacial score (nSPS) is 13.1. The summed E-state index contributed by atoms with van der Waals surface area (Å²) in [6, 6.07) is 9.21. The summed E-state index contributed by atoms with van der Waals surface area (Å²) < 4.78 is 5.08. The molecule has 1 atom stereocenters. The van der Waals surface area contributed by atoms with Gasteiger partial charge >= 0.3 is 0 Å². The fourth-order valence-electron chi connectivity index (χ4n) is 1.62. The first-order chi connectivity index (χ1) is 7.63. The third-order valence-electron chi connectivity index (χ3n) is 2.72. The van der Waals surface area contributed by atoms with Gasteiger partial charge in [-0.05, 0) is 24.0 Å². The van der Waals surface area contributed by atoms with Gasteiger partial charge in [0.1, 0.15) is 0 Å². The molecule has 0 saturated carbocycles. The highest BCUT2D eigenvalue weighted by molar-refractivity contribution is 5.24. The molecule has 2 heteroatoms. The number of benzene rings is 1. The number of nitrogens with one attached hydrogen (secondary N) is 1. The zero-order valence-electron chi connectivity index (χ0n) is 10.8. The lowest BCUT2D eigenvalue weighted by atomic mass is 10.0. The Balaban J connectivity index is 2.43. The number of hydrogen-bond donors (Lipinski definition) is 1. The molecule has 0 spiro atoms. The Kier molecular flexibility index (Phi) is 5.50. The van der Waals surface area contributed by atoms with Gasteiger partial charge in [0.15, 0.2) is 0 Å². The van der Waals surface area contributed by atoms with Gasteiger partial charge in [0.2, 0.25) is 0 Å². The third kappa shape index (κ3) is 4.33. The number of methoxy groups -OCH3 is 1. The fourth-order valence-corrected chi connectivity index (χ4v) is 1.62. The summed E-state index contributed by atoms with van der Waals surface area (Å²) >= 11 is 0. The lowest BCUT2D eigenvalue weighted by Crippen LogP contribution is -2.29. The van der Waals surface area contributed by atoms with Crippen molar-refractivity contribution >= 4 is 0 Å². The van der Waals surface area contributed by atoms with E-state index in [-0.39, 0.29) is 0 Å². The molecule has 90 valence electrons. The van der Waals surface area contributed by atoms with Gasteiger partial charge in [0.25, 0.3) is 0 Å².